The SMILES string of the molecule is CCCCCCC(=O)N(CCCCC)CC(=O)Nc1nccs1. The van der Waals surface area contributed by atoms with Gasteiger partial charge in [0.2, 0.25) is 11.8 Å². The van der Waals surface area contributed by atoms with Gasteiger partial charge in [0.05, 0.1) is 6.54 Å². The highest BCUT2D eigenvalue weighted by atomic mass is 32.1. The summed E-state index contributed by atoms with van der Waals surface area (Å²) in [5.74, 6) is -0.0788. The summed E-state index contributed by atoms with van der Waals surface area (Å²) in [6.45, 7) is 5.07. The number of nitrogens with zero attached hydrogens (tertiary/aromatic N) is 2. The predicted octanol–water partition coefficient (Wildman–Crippen LogP) is 4.07. The first-order valence-corrected chi connectivity index (χ1v) is 9.52. The molecule has 0 unspecified atom stereocenters. The fraction of sp³-hybridized carbons (Fsp3) is 0.706. The van der Waals surface area contributed by atoms with Crippen molar-refractivity contribution in [1.29, 1.82) is 0 Å². The summed E-state index contributed by atoms with van der Waals surface area (Å²) in [7, 11) is 0. The smallest absolute Gasteiger partial charge is 0.245 e. The summed E-state index contributed by atoms with van der Waals surface area (Å²) in [5, 5.41) is 5.14. The normalized spacial score (nSPS) is 10.5. The van der Waals surface area contributed by atoms with Crippen molar-refractivity contribution in [2.75, 3.05) is 18.4 Å². The van der Waals surface area contributed by atoms with Crippen molar-refractivity contribution >= 4 is 28.3 Å². The first-order chi connectivity index (χ1) is 11.2. The van der Waals surface area contributed by atoms with Crippen LogP contribution < -0.4 is 5.32 Å². The molecule has 1 heterocycles. The summed E-state index contributed by atoms with van der Waals surface area (Å²) in [6.07, 6.45) is 9.62. The Morgan fingerprint density at radius 2 is 1.87 bits per heavy atom. The van der Waals surface area contributed by atoms with Crippen LogP contribution in [0.4, 0.5) is 5.13 Å². The maximum absolute atomic E-state index is 12.4. The second-order valence-electron chi connectivity index (χ2n) is 5.72. The van der Waals surface area contributed by atoms with Crippen molar-refractivity contribution in [2.24, 2.45) is 0 Å². The van der Waals surface area contributed by atoms with E-state index in [1.807, 2.05) is 5.38 Å². The Morgan fingerprint density at radius 3 is 2.52 bits per heavy atom. The lowest BCUT2D eigenvalue weighted by Gasteiger charge is -2.22. The van der Waals surface area contributed by atoms with Crippen LogP contribution in [0.2, 0.25) is 0 Å². The number of anilines is 1. The summed E-state index contributed by atoms with van der Waals surface area (Å²) in [5.41, 5.74) is 0. The summed E-state index contributed by atoms with van der Waals surface area (Å²) in [4.78, 5) is 30.2. The van der Waals surface area contributed by atoms with E-state index in [1.165, 1.54) is 11.3 Å². The molecule has 1 aromatic heterocycles. The standard InChI is InChI=1S/C17H29N3O2S/c1-3-5-7-8-10-16(22)20(12-9-6-4-2)14-15(21)19-17-18-11-13-23-17/h11,13H,3-10,12,14H2,1-2H3,(H,18,19,21). The van der Waals surface area contributed by atoms with E-state index in [0.29, 0.717) is 18.1 Å². The molecule has 1 N–H and O–H groups in total. The number of amides is 2. The van der Waals surface area contributed by atoms with Gasteiger partial charge in [-0.25, -0.2) is 4.98 Å². The molecule has 2 amide bonds. The predicted molar refractivity (Wildman–Crippen MR) is 95.6 cm³/mol. The van der Waals surface area contributed by atoms with Gasteiger partial charge >= 0.3 is 0 Å². The highest BCUT2D eigenvalue weighted by Gasteiger charge is 2.17. The van der Waals surface area contributed by atoms with E-state index in [1.54, 1.807) is 11.1 Å². The van der Waals surface area contributed by atoms with Crippen LogP contribution >= 0.6 is 11.3 Å². The van der Waals surface area contributed by atoms with Gasteiger partial charge < -0.3 is 10.2 Å². The first kappa shape index (κ1) is 19.6. The molecule has 0 radical (unpaired) electrons. The number of rotatable bonds is 12. The van der Waals surface area contributed by atoms with E-state index in [0.717, 1.165) is 44.9 Å². The molecule has 0 fully saturated rings. The van der Waals surface area contributed by atoms with E-state index in [2.05, 4.69) is 24.1 Å². The molecule has 6 heteroatoms. The van der Waals surface area contributed by atoms with Gasteiger partial charge in [0.25, 0.3) is 0 Å². The van der Waals surface area contributed by atoms with E-state index in [9.17, 15) is 9.59 Å². The number of hydrogen-bond donors (Lipinski definition) is 1. The molecule has 0 saturated carbocycles. The van der Waals surface area contributed by atoms with Crippen molar-refractivity contribution in [2.45, 2.75) is 65.2 Å². The zero-order chi connectivity index (χ0) is 16.9. The summed E-state index contributed by atoms with van der Waals surface area (Å²) in [6, 6.07) is 0. The third kappa shape index (κ3) is 8.69. The van der Waals surface area contributed by atoms with Crippen LogP contribution in [-0.4, -0.2) is 34.8 Å². The van der Waals surface area contributed by atoms with E-state index in [4.69, 9.17) is 0 Å². The van der Waals surface area contributed by atoms with Crippen LogP contribution in [-0.2, 0) is 9.59 Å². The third-order valence-electron chi connectivity index (χ3n) is 3.64. The molecule has 0 bridgehead atoms. The molecule has 0 spiro atoms. The van der Waals surface area contributed by atoms with Crippen LogP contribution in [0.25, 0.3) is 0 Å². The number of aromatic nitrogens is 1. The second kappa shape index (κ2) is 12.0. The minimum Gasteiger partial charge on any atom is -0.333 e. The van der Waals surface area contributed by atoms with Gasteiger partial charge in [-0.3, -0.25) is 9.59 Å². The van der Waals surface area contributed by atoms with Gasteiger partial charge in [0.15, 0.2) is 5.13 Å². The van der Waals surface area contributed by atoms with Crippen molar-refractivity contribution in [3.8, 4) is 0 Å². The summed E-state index contributed by atoms with van der Waals surface area (Å²) < 4.78 is 0. The molecule has 0 aliphatic heterocycles. The lowest BCUT2D eigenvalue weighted by atomic mass is 10.1. The van der Waals surface area contributed by atoms with E-state index < -0.39 is 0 Å². The first-order valence-electron chi connectivity index (χ1n) is 8.64. The van der Waals surface area contributed by atoms with Gasteiger partial charge in [-0.2, -0.15) is 0 Å². The van der Waals surface area contributed by atoms with Crippen LogP contribution in [0, 0.1) is 0 Å². The molecule has 0 saturated heterocycles. The molecule has 1 rings (SSSR count). The molecule has 1 aromatic rings. The van der Waals surface area contributed by atoms with Crippen LogP contribution in [0.5, 0.6) is 0 Å². The van der Waals surface area contributed by atoms with E-state index in [-0.39, 0.29) is 18.4 Å². The number of thiazole rings is 1. The Hall–Kier alpha value is -1.43. The van der Waals surface area contributed by atoms with Crippen LogP contribution in [0.3, 0.4) is 0 Å². The maximum atomic E-state index is 12.4. The van der Waals surface area contributed by atoms with Gasteiger partial charge in [0.1, 0.15) is 0 Å². The Bertz CT molecular complexity index is 449. The molecule has 0 atom stereocenters. The average Bonchev–Trinajstić information content (AvgIpc) is 3.03. The number of hydrogen-bond acceptors (Lipinski definition) is 4. The number of unbranched alkanes of at least 4 members (excludes halogenated alkanes) is 5. The van der Waals surface area contributed by atoms with Crippen molar-refractivity contribution < 1.29 is 9.59 Å². The van der Waals surface area contributed by atoms with Crippen LogP contribution in [0.15, 0.2) is 11.6 Å². The molecular weight excluding hydrogens is 310 g/mol. The zero-order valence-electron chi connectivity index (χ0n) is 14.3. The molecule has 0 aliphatic carbocycles. The maximum Gasteiger partial charge on any atom is 0.245 e. The number of carbonyl (C=O) groups is 2. The van der Waals surface area contributed by atoms with Crippen molar-refractivity contribution in [1.82, 2.24) is 9.88 Å². The second-order valence-corrected chi connectivity index (χ2v) is 6.61. The largest absolute Gasteiger partial charge is 0.333 e. The summed E-state index contributed by atoms with van der Waals surface area (Å²) >= 11 is 1.38. The van der Waals surface area contributed by atoms with Gasteiger partial charge in [0, 0.05) is 24.5 Å². The van der Waals surface area contributed by atoms with Gasteiger partial charge in [-0.05, 0) is 12.8 Å². The average molecular weight is 340 g/mol. The molecule has 130 valence electrons. The molecule has 0 aliphatic rings. The Balaban J connectivity index is 2.45. The van der Waals surface area contributed by atoms with Crippen LogP contribution in [0.1, 0.15) is 65.2 Å². The van der Waals surface area contributed by atoms with E-state index >= 15 is 0 Å². The topological polar surface area (TPSA) is 62.3 Å². The van der Waals surface area contributed by atoms with Crippen molar-refractivity contribution in [3.63, 3.8) is 0 Å². The highest BCUT2D eigenvalue weighted by Crippen LogP contribution is 2.11. The molecule has 23 heavy (non-hydrogen) atoms. The molecule has 5 nitrogen and oxygen atoms in total. The minimum absolute atomic E-state index is 0.0893. The number of nitrogens with one attached hydrogen (secondary N) is 1. The molecule has 0 aromatic carbocycles. The lowest BCUT2D eigenvalue weighted by molar-refractivity contribution is -0.134. The fourth-order valence-corrected chi connectivity index (χ4v) is 2.87. The Labute approximate surface area is 143 Å². The van der Waals surface area contributed by atoms with Crippen molar-refractivity contribution in [3.05, 3.63) is 11.6 Å². The number of carbonyl (C=O) groups excluding carboxylic acids is 2. The Morgan fingerprint density at radius 1 is 1.13 bits per heavy atom. The minimum atomic E-state index is -0.168. The third-order valence-corrected chi connectivity index (χ3v) is 4.33. The molecular formula is C17H29N3O2S. The lowest BCUT2D eigenvalue weighted by Crippen LogP contribution is -2.38. The van der Waals surface area contributed by atoms with Gasteiger partial charge in [-0.1, -0.05) is 46.0 Å². The van der Waals surface area contributed by atoms with Gasteiger partial charge in [-0.15, -0.1) is 11.3 Å². The highest BCUT2D eigenvalue weighted by molar-refractivity contribution is 7.13. The zero-order valence-corrected chi connectivity index (χ0v) is 15.2. The fourth-order valence-electron chi connectivity index (χ4n) is 2.32. The quantitative estimate of drug-likeness (QED) is 0.584. The monoisotopic (exact) mass is 339 g/mol. The Kier molecular flexibility index (Phi) is 10.3.